The van der Waals surface area contributed by atoms with Crippen molar-refractivity contribution in [2.75, 3.05) is 40.9 Å². The minimum Gasteiger partial charge on any atom is -0.756 e. The van der Waals surface area contributed by atoms with Gasteiger partial charge in [0.2, 0.25) is 0 Å². The molecule has 1 aromatic carbocycles. The van der Waals surface area contributed by atoms with Gasteiger partial charge in [0.1, 0.15) is 13.2 Å². The van der Waals surface area contributed by atoms with Gasteiger partial charge >= 0.3 is 0 Å². The van der Waals surface area contributed by atoms with E-state index in [9.17, 15) is 9.46 Å². The number of rotatable bonds is 24. The van der Waals surface area contributed by atoms with Crippen LogP contribution in [0.2, 0.25) is 0 Å². The predicted molar refractivity (Wildman–Crippen MR) is 155 cm³/mol. The summed E-state index contributed by atoms with van der Waals surface area (Å²) in [5.41, 5.74) is 10.7. The molecule has 0 amide bonds. The lowest BCUT2D eigenvalue weighted by Gasteiger charge is -2.27. The Hall–Kier alpha value is -1.40. The van der Waals surface area contributed by atoms with E-state index in [1.807, 2.05) is 33.3 Å². The van der Waals surface area contributed by atoms with Crippen LogP contribution in [0.15, 0.2) is 29.4 Å². The van der Waals surface area contributed by atoms with Crippen molar-refractivity contribution in [3.63, 3.8) is 0 Å². The van der Waals surface area contributed by atoms with Crippen LogP contribution in [0.3, 0.4) is 0 Å². The molecule has 8 nitrogen and oxygen atoms in total. The Labute approximate surface area is 231 Å². The predicted octanol–water partition coefficient (Wildman–Crippen LogP) is 8.79. The third-order valence-corrected chi connectivity index (χ3v) is 7.89. The number of hydrogen-bond acceptors (Lipinski definition) is 5. The molecule has 0 bridgehead atoms. The summed E-state index contributed by atoms with van der Waals surface area (Å²) in [6.45, 7) is 3.18. The number of phosphoric acid groups is 1. The van der Waals surface area contributed by atoms with Gasteiger partial charge in [0, 0.05) is 10.6 Å². The molecule has 0 saturated heterocycles. The van der Waals surface area contributed by atoms with Crippen LogP contribution in [0.5, 0.6) is 0 Å². The van der Waals surface area contributed by atoms with E-state index in [1.54, 1.807) is 0 Å². The van der Waals surface area contributed by atoms with E-state index >= 15 is 0 Å². The molecule has 0 aliphatic carbocycles. The van der Waals surface area contributed by atoms with Crippen molar-refractivity contribution in [2.45, 2.75) is 109 Å². The van der Waals surface area contributed by atoms with Gasteiger partial charge in [-0.2, -0.15) is 0 Å². The zero-order valence-corrected chi connectivity index (χ0v) is 25.4. The fraction of sp³-hybridized carbons (Fsp3) is 0.793. The van der Waals surface area contributed by atoms with Crippen molar-refractivity contribution in [2.24, 2.45) is 5.11 Å². The second-order valence-corrected chi connectivity index (χ2v) is 12.8. The monoisotopic (exact) mass is 552 g/mol. The lowest BCUT2D eigenvalue weighted by Crippen LogP contribution is -2.37. The molecular weight excluding hydrogens is 499 g/mol. The molecule has 2 atom stereocenters. The molecule has 0 fully saturated rings. The van der Waals surface area contributed by atoms with Gasteiger partial charge in [0.25, 0.3) is 7.82 Å². The molecule has 0 spiro atoms. The highest BCUT2D eigenvalue weighted by molar-refractivity contribution is 7.45. The standard InChI is InChI=1S/C29H53N4O4P/c1-5-6-7-8-9-10-12-15-18-27(28-20-22-29(23-21-28)31-32-30)19-16-13-11-14-17-25-36-38(34,35)37-26-24-33(2,3)4/h20-23,27H,5-19,24-26H2,1-4H3. The molecule has 0 radical (unpaired) electrons. The summed E-state index contributed by atoms with van der Waals surface area (Å²) in [6, 6.07) is 8.05. The van der Waals surface area contributed by atoms with Gasteiger partial charge < -0.3 is 18.4 Å². The first-order valence-corrected chi connectivity index (χ1v) is 16.2. The van der Waals surface area contributed by atoms with Crippen molar-refractivity contribution in [1.29, 1.82) is 0 Å². The average Bonchev–Trinajstić information content (AvgIpc) is 2.85. The lowest BCUT2D eigenvalue weighted by molar-refractivity contribution is -0.870. The van der Waals surface area contributed by atoms with Crippen LogP contribution < -0.4 is 4.89 Å². The second kappa shape index (κ2) is 20.5. The molecule has 0 heterocycles. The molecular formula is C29H53N4O4P. The summed E-state index contributed by atoms with van der Waals surface area (Å²) in [5.74, 6) is 0.522. The number of quaternary nitrogens is 1. The zero-order chi connectivity index (χ0) is 28.1. The van der Waals surface area contributed by atoms with E-state index in [2.05, 4.69) is 29.1 Å². The van der Waals surface area contributed by atoms with E-state index in [0.29, 0.717) is 29.1 Å². The van der Waals surface area contributed by atoms with Gasteiger partial charge in [-0.25, -0.2) is 0 Å². The molecule has 38 heavy (non-hydrogen) atoms. The van der Waals surface area contributed by atoms with Crippen molar-refractivity contribution in [3.8, 4) is 0 Å². The van der Waals surface area contributed by atoms with E-state index in [-0.39, 0.29) is 13.2 Å². The van der Waals surface area contributed by atoms with E-state index in [0.717, 1.165) is 32.1 Å². The molecule has 0 aromatic heterocycles. The molecule has 9 heteroatoms. The summed E-state index contributed by atoms with van der Waals surface area (Å²) < 4.78 is 22.5. The quantitative estimate of drug-likeness (QED) is 0.0319. The summed E-state index contributed by atoms with van der Waals surface area (Å²) in [4.78, 5) is 14.7. The Kier molecular flexibility index (Phi) is 18.7. The molecule has 0 aliphatic rings. The van der Waals surface area contributed by atoms with Gasteiger partial charge in [-0.3, -0.25) is 4.57 Å². The maximum atomic E-state index is 11.9. The zero-order valence-electron chi connectivity index (χ0n) is 24.5. The van der Waals surface area contributed by atoms with Crippen molar-refractivity contribution in [1.82, 2.24) is 0 Å². The molecule has 1 rings (SSSR count). The summed E-state index contributed by atoms with van der Waals surface area (Å²) in [6.07, 6.45) is 17.9. The minimum absolute atomic E-state index is 0.138. The first kappa shape index (κ1) is 34.6. The molecule has 0 aliphatic heterocycles. The number of azide groups is 1. The topological polar surface area (TPSA) is 107 Å². The summed E-state index contributed by atoms with van der Waals surface area (Å²) in [5, 5.41) is 3.70. The third kappa shape index (κ3) is 18.8. The molecule has 0 N–H and O–H groups in total. The van der Waals surface area contributed by atoms with Gasteiger partial charge in [0.15, 0.2) is 0 Å². The van der Waals surface area contributed by atoms with Crippen LogP contribution in [0.25, 0.3) is 10.4 Å². The second-order valence-electron chi connectivity index (χ2n) is 11.4. The maximum Gasteiger partial charge on any atom is 0.268 e. The Morgan fingerprint density at radius 2 is 1.34 bits per heavy atom. The minimum atomic E-state index is -4.21. The highest BCUT2D eigenvalue weighted by Crippen LogP contribution is 2.38. The number of phosphoric ester groups is 1. The van der Waals surface area contributed by atoms with Gasteiger partial charge in [-0.15, -0.1) is 0 Å². The number of nitrogens with zero attached hydrogens (tertiary/aromatic N) is 4. The van der Waals surface area contributed by atoms with Crippen molar-refractivity contribution >= 4 is 13.5 Å². The summed E-state index contributed by atoms with van der Waals surface area (Å²) >= 11 is 0. The number of benzene rings is 1. The van der Waals surface area contributed by atoms with Crippen LogP contribution in [0.1, 0.15) is 115 Å². The van der Waals surface area contributed by atoms with Crippen LogP contribution in [0.4, 0.5) is 5.69 Å². The number of unbranched alkanes of at least 4 members (excludes halogenated alkanes) is 11. The number of hydrogen-bond donors (Lipinski definition) is 0. The van der Waals surface area contributed by atoms with Crippen molar-refractivity contribution < 1.29 is 23.0 Å². The molecule has 0 saturated carbocycles. The fourth-order valence-electron chi connectivity index (χ4n) is 4.53. The molecule has 1 aromatic rings. The largest absolute Gasteiger partial charge is 0.756 e. The Morgan fingerprint density at radius 1 is 0.842 bits per heavy atom. The van der Waals surface area contributed by atoms with E-state index < -0.39 is 7.82 Å². The number of likely N-dealkylation sites (N-methyl/N-ethyl adjacent to an activating group) is 1. The smallest absolute Gasteiger partial charge is 0.268 e. The normalized spacial score (nSPS) is 14.1. The average molecular weight is 553 g/mol. The Balaban J connectivity index is 2.32. The van der Waals surface area contributed by atoms with Crippen LogP contribution in [0, 0.1) is 0 Å². The van der Waals surface area contributed by atoms with Crippen LogP contribution >= 0.6 is 7.82 Å². The van der Waals surface area contributed by atoms with E-state index in [4.69, 9.17) is 14.6 Å². The van der Waals surface area contributed by atoms with Gasteiger partial charge in [0.05, 0.1) is 27.7 Å². The highest BCUT2D eigenvalue weighted by Gasteiger charge is 2.14. The van der Waals surface area contributed by atoms with Crippen LogP contribution in [-0.2, 0) is 13.6 Å². The van der Waals surface area contributed by atoms with Crippen LogP contribution in [-0.4, -0.2) is 45.4 Å². The third-order valence-electron chi connectivity index (χ3n) is 6.89. The Bertz CT molecular complexity index is 823. The van der Waals surface area contributed by atoms with Gasteiger partial charge in [-0.1, -0.05) is 113 Å². The fourth-order valence-corrected chi connectivity index (χ4v) is 5.26. The SMILES string of the molecule is CCCCCCCCCCC(CCCCCCCOP(=O)([O-])OCC[N+](C)(C)C)c1ccc(N=[N+]=[N-])cc1. The highest BCUT2D eigenvalue weighted by atomic mass is 31.2. The first-order chi connectivity index (χ1) is 18.2. The Morgan fingerprint density at radius 3 is 1.87 bits per heavy atom. The maximum absolute atomic E-state index is 11.9. The van der Waals surface area contributed by atoms with Crippen molar-refractivity contribution in [3.05, 3.63) is 40.3 Å². The van der Waals surface area contributed by atoms with E-state index in [1.165, 1.54) is 63.4 Å². The molecule has 2 unspecified atom stereocenters. The first-order valence-electron chi connectivity index (χ1n) is 14.7. The van der Waals surface area contributed by atoms with Gasteiger partial charge in [-0.05, 0) is 36.3 Å². The molecule has 218 valence electrons. The lowest BCUT2D eigenvalue weighted by atomic mass is 9.88. The summed E-state index contributed by atoms with van der Waals surface area (Å²) in [7, 11) is 1.75.